The van der Waals surface area contributed by atoms with Crippen LogP contribution in [0, 0.1) is 5.92 Å². The maximum atomic E-state index is 11.5. The van der Waals surface area contributed by atoms with Crippen LogP contribution in [-0.4, -0.2) is 43.5 Å². The van der Waals surface area contributed by atoms with Crippen molar-refractivity contribution < 1.29 is 14.4 Å². The molecule has 1 unspecified atom stereocenters. The van der Waals surface area contributed by atoms with Crippen LogP contribution in [0.5, 0.6) is 0 Å². The van der Waals surface area contributed by atoms with Gasteiger partial charge in [0.05, 0.1) is 12.3 Å². The quantitative estimate of drug-likeness (QED) is 0.413. The smallest absolute Gasteiger partial charge is 0.327 e. The molecule has 1 rings (SSSR count). The summed E-state index contributed by atoms with van der Waals surface area (Å²) >= 11 is 0. The van der Waals surface area contributed by atoms with E-state index in [2.05, 4.69) is 15.1 Å². The lowest BCUT2D eigenvalue weighted by atomic mass is 9.97. The average molecular weight is 244 g/mol. The van der Waals surface area contributed by atoms with Crippen LogP contribution in [-0.2, 0) is 14.4 Å². The molecular weight excluding hydrogens is 224 g/mol. The number of piperidine rings is 1. The summed E-state index contributed by atoms with van der Waals surface area (Å²) in [5.74, 6) is 4.56. The number of hydrogen-bond donors (Lipinski definition) is 3. The van der Waals surface area contributed by atoms with Crippen molar-refractivity contribution in [2.24, 2.45) is 11.8 Å². The van der Waals surface area contributed by atoms with Crippen LogP contribution in [0.25, 0.3) is 0 Å². The number of nitrogens with two attached hydrogens (primary N) is 1. The summed E-state index contributed by atoms with van der Waals surface area (Å²) in [6.07, 6.45) is 2.15. The van der Waals surface area contributed by atoms with Gasteiger partial charge < -0.3 is 15.1 Å². The Morgan fingerprint density at radius 3 is 2.94 bits per heavy atom. The van der Waals surface area contributed by atoms with Gasteiger partial charge in [-0.25, -0.2) is 5.84 Å². The molecule has 1 aliphatic heterocycles. The Bertz CT molecular complexity index is 272. The first kappa shape index (κ1) is 13.9. The summed E-state index contributed by atoms with van der Waals surface area (Å²) in [7, 11) is 1.64. The molecule has 7 nitrogen and oxygen atoms in total. The molecule has 0 spiro atoms. The Morgan fingerprint density at radius 1 is 1.53 bits per heavy atom. The minimum Gasteiger partial charge on any atom is -0.359 e. The molecular formula is C10H20N4O3. The van der Waals surface area contributed by atoms with E-state index >= 15 is 0 Å². The molecule has 0 saturated carbocycles. The number of nitrogens with zero attached hydrogens (tertiary/aromatic N) is 1. The van der Waals surface area contributed by atoms with Crippen LogP contribution in [0.1, 0.15) is 19.3 Å². The third kappa shape index (κ3) is 4.68. The maximum Gasteiger partial charge on any atom is 0.327 e. The number of hydrazine groups is 1. The lowest BCUT2D eigenvalue weighted by Gasteiger charge is -2.31. The fraction of sp³-hybridized carbons (Fsp3) is 0.800. The molecule has 0 aromatic carbocycles. The molecule has 1 heterocycles. The molecule has 1 atom stereocenters. The minimum absolute atomic E-state index is 0.0254. The summed E-state index contributed by atoms with van der Waals surface area (Å²) in [5.41, 5.74) is 1.86. The number of likely N-dealkylation sites (tertiary alicyclic amines) is 1. The lowest BCUT2D eigenvalue weighted by Crippen LogP contribution is -2.43. The summed E-state index contributed by atoms with van der Waals surface area (Å²) in [6, 6.07) is 0. The highest BCUT2D eigenvalue weighted by molar-refractivity contribution is 5.78. The van der Waals surface area contributed by atoms with Crippen molar-refractivity contribution in [2.75, 3.05) is 26.7 Å². The molecule has 98 valence electrons. The Morgan fingerprint density at radius 2 is 2.29 bits per heavy atom. The van der Waals surface area contributed by atoms with Crippen molar-refractivity contribution >= 4 is 11.9 Å². The third-order valence-corrected chi connectivity index (χ3v) is 2.93. The van der Waals surface area contributed by atoms with Gasteiger partial charge in [0, 0.05) is 20.1 Å². The van der Waals surface area contributed by atoms with Gasteiger partial charge in [-0.05, 0) is 19.4 Å². The first-order valence-electron chi connectivity index (χ1n) is 5.76. The highest BCUT2D eigenvalue weighted by Gasteiger charge is 2.25. The van der Waals surface area contributed by atoms with Crippen molar-refractivity contribution in [1.82, 2.24) is 15.8 Å². The van der Waals surface area contributed by atoms with Gasteiger partial charge in [-0.3, -0.25) is 9.59 Å². The van der Waals surface area contributed by atoms with Gasteiger partial charge in [0.15, 0.2) is 0 Å². The van der Waals surface area contributed by atoms with E-state index in [9.17, 15) is 9.59 Å². The molecule has 17 heavy (non-hydrogen) atoms. The van der Waals surface area contributed by atoms with Crippen molar-refractivity contribution in [3.63, 3.8) is 0 Å². The molecule has 0 aromatic rings. The topological polar surface area (TPSA) is 96.7 Å². The van der Waals surface area contributed by atoms with E-state index in [1.165, 1.54) is 0 Å². The first-order chi connectivity index (χ1) is 8.17. The summed E-state index contributed by atoms with van der Waals surface area (Å²) < 4.78 is 0. The van der Waals surface area contributed by atoms with Crippen LogP contribution in [0.15, 0.2) is 0 Å². The highest BCUT2D eigenvalue weighted by atomic mass is 16.7. The zero-order valence-corrected chi connectivity index (χ0v) is 10.1. The minimum atomic E-state index is -0.394. The van der Waals surface area contributed by atoms with Gasteiger partial charge in [0.2, 0.25) is 5.91 Å². The molecule has 7 heteroatoms. The second kappa shape index (κ2) is 7.21. The van der Waals surface area contributed by atoms with E-state index in [-0.39, 0.29) is 18.2 Å². The molecule has 1 fully saturated rings. The molecule has 0 radical (unpaired) electrons. The van der Waals surface area contributed by atoms with Crippen LogP contribution in [0.2, 0.25) is 0 Å². The number of hydrogen-bond acceptors (Lipinski definition) is 6. The monoisotopic (exact) mass is 244 g/mol. The summed E-state index contributed by atoms with van der Waals surface area (Å²) in [5, 5.41) is 2.66. The van der Waals surface area contributed by atoms with Crippen LogP contribution < -0.4 is 16.7 Å². The van der Waals surface area contributed by atoms with Gasteiger partial charge in [-0.15, -0.1) is 0 Å². The number of rotatable bonds is 5. The van der Waals surface area contributed by atoms with Gasteiger partial charge in [-0.1, -0.05) is 5.59 Å². The van der Waals surface area contributed by atoms with Crippen molar-refractivity contribution in [2.45, 2.75) is 19.3 Å². The predicted molar refractivity (Wildman–Crippen MR) is 61.3 cm³/mol. The molecule has 0 aromatic heterocycles. The zero-order chi connectivity index (χ0) is 12.7. The second-order valence-corrected chi connectivity index (χ2v) is 4.10. The lowest BCUT2D eigenvalue weighted by molar-refractivity contribution is -0.151. The number of carbonyl (C=O) groups is 2. The van der Waals surface area contributed by atoms with Gasteiger partial charge >= 0.3 is 5.97 Å². The Labute approximate surface area is 101 Å². The molecule has 1 saturated heterocycles. The Balaban J connectivity index is 2.29. The summed E-state index contributed by atoms with van der Waals surface area (Å²) in [4.78, 5) is 29.1. The van der Waals surface area contributed by atoms with E-state index in [1.807, 2.05) is 5.59 Å². The maximum absolute atomic E-state index is 11.5. The van der Waals surface area contributed by atoms with Crippen LogP contribution in [0.4, 0.5) is 0 Å². The molecule has 0 bridgehead atoms. The van der Waals surface area contributed by atoms with Crippen molar-refractivity contribution in [3.05, 3.63) is 0 Å². The highest BCUT2D eigenvalue weighted by Crippen LogP contribution is 2.16. The average Bonchev–Trinajstić information content (AvgIpc) is 2.36. The number of carbonyl (C=O) groups excluding carboxylic acids is 2. The first-order valence-corrected chi connectivity index (χ1v) is 5.76. The Kier molecular flexibility index (Phi) is 5.88. The SMILES string of the molecule is CNC(=O)C1CCCN(CCC(=O)ONN)C1. The van der Waals surface area contributed by atoms with Crippen LogP contribution in [0.3, 0.4) is 0 Å². The summed E-state index contributed by atoms with van der Waals surface area (Å²) in [6.45, 7) is 2.20. The fourth-order valence-electron chi connectivity index (χ4n) is 2.04. The van der Waals surface area contributed by atoms with Gasteiger partial charge in [0.1, 0.15) is 0 Å². The van der Waals surface area contributed by atoms with Crippen molar-refractivity contribution in [1.29, 1.82) is 0 Å². The number of nitrogens with one attached hydrogen (secondary N) is 2. The predicted octanol–water partition coefficient (Wildman–Crippen LogP) is -1.24. The largest absolute Gasteiger partial charge is 0.359 e. The normalized spacial score (nSPS) is 20.9. The zero-order valence-electron chi connectivity index (χ0n) is 10.1. The van der Waals surface area contributed by atoms with E-state index in [0.717, 1.165) is 19.4 Å². The van der Waals surface area contributed by atoms with Crippen LogP contribution >= 0.6 is 0 Å². The van der Waals surface area contributed by atoms with E-state index in [1.54, 1.807) is 7.05 Å². The van der Waals surface area contributed by atoms with Gasteiger partial charge in [-0.2, -0.15) is 0 Å². The number of amides is 1. The second-order valence-electron chi connectivity index (χ2n) is 4.10. The van der Waals surface area contributed by atoms with Crippen molar-refractivity contribution in [3.8, 4) is 0 Å². The molecule has 1 aliphatic rings. The van der Waals surface area contributed by atoms with E-state index in [4.69, 9.17) is 5.84 Å². The molecule has 1 amide bonds. The van der Waals surface area contributed by atoms with E-state index < -0.39 is 5.97 Å². The fourth-order valence-corrected chi connectivity index (χ4v) is 2.04. The van der Waals surface area contributed by atoms with E-state index in [0.29, 0.717) is 13.1 Å². The van der Waals surface area contributed by atoms with Gasteiger partial charge in [0.25, 0.3) is 0 Å². The standard InChI is InChI=1S/C10H20N4O3/c1-12-10(16)8-3-2-5-14(7-8)6-4-9(15)17-13-11/h8,13H,2-7,11H2,1H3,(H,12,16). The third-order valence-electron chi connectivity index (χ3n) is 2.93. The molecule has 0 aliphatic carbocycles. The Hall–Kier alpha value is -1.18. The molecule has 4 N–H and O–H groups in total.